The Hall–Kier alpha value is -1.57. The lowest BCUT2D eigenvalue weighted by Gasteiger charge is -2.23. The van der Waals surface area contributed by atoms with Gasteiger partial charge in [-0.05, 0) is 23.6 Å². The first-order valence-electron chi connectivity index (χ1n) is 7.82. The second-order valence-corrected chi connectivity index (χ2v) is 9.06. The zero-order valence-electron chi connectivity index (χ0n) is 13.7. The Bertz CT molecular complexity index is 798. The van der Waals surface area contributed by atoms with E-state index in [4.69, 9.17) is 9.47 Å². The van der Waals surface area contributed by atoms with Crippen LogP contribution in [0.3, 0.4) is 0 Å². The van der Waals surface area contributed by atoms with Crippen LogP contribution >= 0.6 is 11.3 Å². The van der Waals surface area contributed by atoms with E-state index in [9.17, 15) is 8.42 Å². The number of sulfonamides is 1. The predicted octanol–water partition coefficient (Wildman–Crippen LogP) is 3.17. The second kappa shape index (κ2) is 6.74. The molecule has 5 nitrogen and oxygen atoms in total. The fourth-order valence-electron chi connectivity index (χ4n) is 2.42. The maximum Gasteiger partial charge on any atom is 0.240 e. The van der Waals surface area contributed by atoms with E-state index in [1.54, 1.807) is 23.5 Å². The molecule has 0 unspecified atom stereocenters. The average Bonchev–Trinajstić information content (AvgIpc) is 3.00. The molecule has 3 rings (SSSR count). The van der Waals surface area contributed by atoms with Gasteiger partial charge in [-0.15, -0.1) is 11.3 Å². The summed E-state index contributed by atoms with van der Waals surface area (Å²) >= 11 is 1.63. The van der Waals surface area contributed by atoms with Gasteiger partial charge >= 0.3 is 0 Å². The van der Waals surface area contributed by atoms with Gasteiger partial charge in [-0.2, -0.15) is 0 Å². The quantitative estimate of drug-likeness (QED) is 0.882. The maximum atomic E-state index is 12.6. The van der Waals surface area contributed by atoms with Crippen molar-refractivity contribution in [1.29, 1.82) is 0 Å². The second-order valence-electron chi connectivity index (χ2n) is 6.34. The highest BCUT2D eigenvalue weighted by molar-refractivity contribution is 7.89. The first-order chi connectivity index (χ1) is 11.4. The van der Waals surface area contributed by atoms with Gasteiger partial charge in [0.25, 0.3) is 0 Å². The Balaban J connectivity index is 1.77. The van der Waals surface area contributed by atoms with E-state index in [0.717, 1.165) is 11.3 Å². The number of hydrogen-bond acceptors (Lipinski definition) is 5. The standard InChI is InChI=1S/C17H21NO4S2/c1-17(2,16-5-3-10-23-16)12-18-24(19,20)13-6-7-14-15(11-13)22-9-4-8-21-14/h3,5-7,10-11,18H,4,8-9,12H2,1-2H3. The molecule has 1 aromatic carbocycles. The van der Waals surface area contributed by atoms with Crippen LogP contribution < -0.4 is 14.2 Å². The van der Waals surface area contributed by atoms with Gasteiger partial charge in [0.1, 0.15) is 0 Å². The van der Waals surface area contributed by atoms with Gasteiger partial charge in [-0.1, -0.05) is 19.9 Å². The Kier molecular flexibility index (Phi) is 4.85. The minimum atomic E-state index is -3.61. The van der Waals surface area contributed by atoms with Crippen molar-refractivity contribution in [1.82, 2.24) is 4.72 Å². The largest absolute Gasteiger partial charge is 0.490 e. The monoisotopic (exact) mass is 367 g/mol. The third-order valence-corrected chi connectivity index (χ3v) is 6.56. The highest BCUT2D eigenvalue weighted by Gasteiger charge is 2.26. The van der Waals surface area contributed by atoms with Gasteiger partial charge in [-0.3, -0.25) is 0 Å². The molecule has 0 saturated carbocycles. The summed E-state index contributed by atoms with van der Waals surface area (Å²) in [5, 5.41) is 2.00. The topological polar surface area (TPSA) is 64.6 Å². The molecular weight excluding hydrogens is 346 g/mol. The first kappa shape index (κ1) is 17.3. The molecule has 2 aromatic rings. The molecule has 0 atom stereocenters. The summed E-state index contributed by atoms with van der Waals surface area (Å²) < 4.78 is 39.1. The summed E-state index contributed by atoms with van der Waals surface area (Å²) in [4.78, 5) is 1.33. The lowest BCUT2D eigenvalue weighted by molar-refractivity contribution is 0.297. The summed E-state index contributed by atoms with van der Waals surface area (Å²) in [5.41, 5.74) is -0.271. The van der Waals surface area contributed by atoms with Crippen LogP contribution in [0.2, 0.25) is 0 Å². The van der Waals surface area contributed by atoms with Crippen molar-refractivity contribution in [2.45, 2.75) is 30.6 Å². The number of thiophene rings is 1. The molecule has 1 N–H and O–H groups in total. The zero-order valence-corrected chi connectivity index (χ0v) is 15.4. The van der Waals surface area contributed by atoms with Crippen LogP contribution in [-0.2, 0) is 15.4 Å². The molecule has 0 aliphatic carbocycles. The van der Waals surface area contributed by atoms with Crippen molar-refractivity contribution >= 4 is 21.4 Å². The molecule has 0 bridgehead atoms. The SMILES string of the molecule is CC(C)(CNS(=O)(=O)c1ccc2c(c1)OCCCO2)c1cccs1. The van der Waals surface area contributed by atoms with Gasteiger partial charge in [0.05, 0.1) is 18.1 Å². The van der Waals surface area contributed by atoms with Crippen molar-refractivity contribution in [3.63, 3.8) is 0 Å². The number of fused-ring (bicyclic) bond motifs is 1. The molecule has 2 heterocycles. The van der Waals surface area contributed by atoms with Crippen LogP contribution in [0.5, 0.6) is 11.5 Å². The zero-order chi connectivity index (χ0) is 17.2. The molecule has 24 heavy (non-hydrogen) atoms. The average molecular weight is 367 g/mol. The number of nitrogens with one attached hydrogen (secondary N) is 1. The summed E-state index contributed by atoms with van der Waals surface area (Å²) in [5.74, 6) is 1.07. The van der Waals surface area contributed by atoms with Gasteiger partial charge in [0, 0.05) is 29.3 Å². The van der Waals surface area contributed by atoms with E-state index in [0.29, 0.717) is 31.3 Å². The van der Waals surface area contributed by atoms with Crippen molar-refractivity contribution < 1.29 is 17.9 Å². The normalized spacial score (nSPS) is 15.1. The van der Waals surface area contributed by atoms with E-state index in [2.05, 4.69) is 4.72 Å². The molecule has 7 heteroatoms. The van der Waals surface area contributed by atoms with Crippen LogP contribution in [0, 0.1) is 0 Å². The van der Waals surface area contributed by atoms with Crippen LogP contribution in [0.25, 0.3) is 0 Å². The first-order valence-corrected chi connectivity index (χ1v) is 10.2. The predicted molar refractivity (Wildman–Crippen MR) is 94.6 cm³/mol. The van der Waals surface area contributed by atoms with Crippen molar-refractivity contribution in [3.05, 3.63) is 40.6 Å². The van der Waals surface area contributed by atoms with E-state index >= 15 is 0 Å². The van der Waals surface area contributed by atoms with Crippen LogP contribution in [0.15, 0.2) is 40.6 Å². The molecule has 0 fully saturated rings. The molecular formula is C17H21NO4S2. The molecule has 1 aliphatic rings. The Morgan fingerprint density at radius 3 is 2.62 bits per heavy atom. The minimum absolute atomic E-state index is 0.189. The molecule has 130 valence electrons. The van der Waals surface area contributed by atoms with E-state index in [-0.39, 0.29) is 10.3 Å². The van der Waals surface area contributed by atoms with Gasteiger partial charge in [-0.25, -0.2) is 13.1 Å². The Morgan fingerprint density at radius 1 is 1.17 bits per heavy atom. The van der Waals surface area contributed by atoms with Crippen LogP contribution in [0.4, 0.5) is 0 Å². The Morgan fingerprint density at radius 2 is 1.92 bits per heavy atom. The molecule has 0 radical (unpaired) electrons. The number of benzene rings is 1. The maximum absolute atomic E-state index is 12.6. The van der Waals surface area contributed by atoms with E-state index < -0.39 is 10.0 Å². The number of ether oxygens (including phenoxy) is 2. The summed E-state index contributed by atoms with van der Waals surface area (Å²) in [6.07, 6.45) is 0.782. The Labute approximate surface area is 146 Å². The van der Waals surface area contributed by atoms with Crippen LogP contribution in [0.1, 0.15) is 25.1 Å². The van der Waals surface area contributed by atoms with Crippen molar-refractivity contribution in [2.24, 2.45) is 0 Å². The molecule has 0 amide bonds. The fourth-order valence-corrected chi connectivity index (χ4v) is 4.50. The number of hydrogen-bond donors (Lipinski definition) is 1. The van der Waals surface area contributed by atoms with Crippen molar-refractivity contribution in [3.8, 4) is 11.5 Å². The van der Waals surface area contributed by atoms with Crippen molar-refractivity contribution in [2.75, 3.05) is 19.8 Å². The highest BCUT2D eigenvalue weighted by atomic mass is 32.2. The third kappa shape index (κ3) is 3.74. The number of rotatable bonds is 5. The lowest BCUT2D eigenvalue weighted by atomic mass is 9.92. The summed E-state index contributed by atoms with van der Waals surface area (Å²) in [6.45, 7) is 5.47. The van der Waals surface area contributed by atoms with Gasteiger partial charge < -0.3 is 9.47 Å². The smallest absolute Gasteiger partial charge is 0.240 e. The third-order valence-electron chi connectivity index (χ3n) is 3.92. The summed E-state index contributed by atoms with van der Waals surface area (Å²) in [7, 11) is -3.61. The fraction of sp³-hybridized carbons (Fsp3) is 0.412. The summed E-state index contributed by atoms with van der Waals surface area (Å²) in [6, 6.07) is 8.72. The molecule has 0 spiro atoms. The van der Waals surface area contributed by atoms with Gasteiger partial charge in [0.2, 0.25) is 10.0 Å². The van der Waals surface area contributed by atoms with E-state index in [1.165, 1.54) is 6.07 Å². The molecule has 0 saturated heterocycles. The van der Waals surface area contributed by atoms with E-state index in [1.807, 2.05) is 31.4 Å². The molecule has 1 aliphatic heterocycles. The van der Waals surface area contributed by atoms with Gasteiger partial charge in [0.15, 0.2) is 11.5 Å². The lowest BCUT2D eigenvalue weighted by Crippen LogP contribution is -2.36. The highest BCUT2D eigenvalue weighted by Crippen LogP contribution is 2.32. The van der Waals surface area contributed by atoms with Crippen LogP contribution in [-0.4, -0.2) is 28.2 Å². The minimum Gasteiger partial charge on any atom is -0.490 e. The molecule has 1 aromatic heterocycles.